The fourth-order valence-corrected chi connectivity index (χ4v) is 3.23. The highest BCUT2D eigenvalue weighted by molar-refractivity contribution is 6.03. The molecule has 1 fully saturated rings. The number of nitrogens with zero attached hydrogens (tertiary/aromatic N) is 3. The summed E-state index contributed by atoms with van der Waals surface area (Å²) in [4.78, 5) is 21.2. The summed E-state index contributed by atoms with van der Waals surface area (Å²) in [7, 11) is 0. The molecule has 142 valence electrons. The minimum absolute atomic E-state index is 0.225. The Labute approximate surface area is 156 Å². The van der Waals surface area contributed by atoms with Crippen LogP contribution in [-0.4, -0.2) is 40.1 Å². The van der Waals surface area contributed by atoms with Crippen molar-refractivity contribution in [1.29, 1.82) is 0 Å². The van der Waals surface area contributed by atoms with Crippen LogP contribution in [0.5, 0.6) is 5.75 Å². The molecule has 0 saturated carbocycles. The number of aryl methyl sites for hydroxylation is 1. The van der Waals surface area contributed by atoms with E-state index >= 15 is 0 Å². The number of imidazole rings is 1. The monoisotopic (exact) mass is 370 g/mol. The normalized spacial score (nSPS) is 16.7. The zero-order valence-corrected chi connectivity index (χ0v) is 15.4. The van der Waals surface area contributed by atoms with E-state index in [4.69, 9.17) is 13.9 Å². The number of nitrogens with one attached hydrogen (secondary N) is 1. The van der Waals surface area contributed by atoms with Gasteiger partial charge in [-0.25, -0.2) is 9.97 Å². The Morgan fingerprint density at radius 1 is 1.41 bits per heavy atom. The van der Waals surface area contributed by atoms with Crippen molar-refractivity contribution in [3.63, 3.8) is 0 Å². The van der Waals surface area contributed by atoms with E-state index < -0.39 is 0 Å². The van der Waals surface area contributed by atoms with Gasteiger partial charge in [0, 0.05) is 38.6 Å². The van der Waals surface area contributed by atoms with E-state index in [2.05, 4.69) is 15.3 Å². The van der Waals surface area contributed by atoms with Crippen LogP contribution in [0.15, 0.2) is 29.1 Å². The van der Waals surface area contributed by atoms with Gasteiger partial charge in [-0.15, -0.1) is 0 Å². The third-order valence-electron chi connectivity index (χ3n) is 4.53. The van der Waals surface area contributed by atoms with E-state index in [0.717, 1.165) is 37.4 Å². The molecule has 8 heteroatoms. The lowest BCUT2D eigenvalue weighted by molar-refractivity contribution is 0.102. The lowest BCUT2D eigenvalue weighted by Gasteiger charge is -2.11. The number of fused-ring (bicyclic) bond motifs is 1. The van der Waals surface area contributed by atoms with Crippen LogP contribution in [0.4, 0.5) is 5.69 Å². The Balaban J connectivity index is 1.61. The SMILES string of the molecule is CCOc1cc2nc(CC3CCOC3)cn2cc1NC(=O)c1coc(C)n1. The van der Waals surface area contributed by atoms with Gasteiger partial charge in [-0.05, 0) is 25.7 Å². The lowest BCUT2D eigenvalue weighted by Crippen LogP contribution is -2.14. The average molecular weight is 370 g/mol. The summed E-state index contributed by atoms with van der Waals surface area (Å²) < 4.78 is 18.2. The van der Waals surface area contributed by atoms with Crippen molar-refractivity contribution < 1.29 is 18.7 Å². The van der Waals surface area contributed by atoms with Crippen molar-refractivity contribution in [3.8, 4) is 5.75 Å². The van der Waals surface area contributed by atoms with E-state index in [1.165, 1.54) is 6.26 Å². The number of carbonyl (C=O) groups excluding carboxylic acids is 1. The van der Waals surface area contributed by atoms with Crippen LogP contribution < -0.4 is 10.1 Å². The van der Waals surface area contributed by atoms with Crippen LogP contribution in [0.2, 0.25) is 0 Å². The molecular formula is C19H22N4O4. The van der Waals surface area contributed by atoms with Gasteiger partial charge in [0.15, 0.2) is 11.6 Å². The molecule has 1 N–H and O–H groups in total. The summed E-state index contributed by atoms with van der Waals surface area (Å²) in [6, 6.07) is 1.84. The van der Waals surface area contributed by atoms with Gasteiger partial charge in [0.1, 0.15) is 23.3 Å². The number of hydrogen-bond donors (Lipinski definition) is 1. The lowest BCUT2D eigenvalue weighted by atomic mass is 10.0. The van der Waals surface area contributed by atoms with Gasteiger partial charge >= 0.3 is 0 Å². The summed E-state index contributed by atoms with van der Waals surface area (Å²) >= 11 is 0. The number of aromatic nitrogens is 3. The zero-order valence-electron chi connectivity index (χ0n) is 15.4. The molecule has 8 nitrogen and oxygen atoms in total. The van der Waals surface area contributed by atoms with Gasteiger partial charge in [-0.2, -0.15) is 0 Å². The molecule has 1 saturated heterocycles. The molecule has 0 radical (unpaired) electrons. The minimum atomic E-state index is -0.351. The number of rotatable bonds is 6. The maximum atomic E-state index is 12.4. The Kier molecular flexibility index (Phi) is 4.81. The molecule has 3 aromatic rings. The van der Waals surface area contributed by atoms with Gasteiger partial charge in [0.25, 0.3) is 5.91 Å². The molecule has 1 aliphatic rings. The van der Waals surface area contributed by atoms with Crippen molar-refractivity contribution in [2.45, 2.75) is 26.7 Å². The predicted molar refractivity (Wildman–Crippen MR) is 98.2 cm³/mol. The van der Waals surface area contributed by atoms with Gasteiger partial charge in [0.2, 0.25) is 0 Å². The quantitative estimate of drug-likeness (QED) is 0.717. The molecule has 1 atom stereocenters. The fraction of sp³-hybridized carbons (Fsp3) is 0.421. The van der Waals surface area contributed by atoms with Crippen LogP contribution in [-0.2, 0) is 11.2 Å². The number of hydrogen-bond acceptors (Lipinski definition) is 6. The topological polar surface area (TPSA) is 90.9 Å². The molecule has 4 rings (SSSR count). The molecule has 0 aliphatic carbocycles. The molecule has 0 spiro atoms. The number of pyridine rings is 1. The largest absolute Gasteiger partial charge is 0.491 e. The van der Waals surface area contributed by atoms with Crippen molar-refractivity contribution in [1.82, 2.24) is 14.4 Å². The number of amides is 1. The van der Waals surface area contributed by atoms with Crippen molar-refractivity contribution in [2.24, 2.45) is 5.92 Å². The van der Waals surface area contributed by atoms with Gasteiger partial charge in [-0.1, -0.05) is 0 Å². The number of anilines is 1. The Morgan fingerprint density at radius 3 is 3.00 bits per heavy atom. The smallest absolute Gasteiger partial charge is 0.277 e. The summed E-state index contributed by atoms with van der Waals surface area (Å²) in [5.41, 5.74) is 2.57. The first kappa shape index (κ1) is 17.5. The molecule has 1 unspecified atom stereocenters. The zero-order chi connectivity index (χ0) is 18.8. The molecule has 3 aromatic heterocycles. The van der Waals surface area contributed by atoms with Crippen LogP contribution in [0.3, 0.4) is 0 Å². The fourth-order valence-electron chi connectivity index (χ4n) is 3.23. The third-order valence-corrected chi connectivity index (χ3v) is 4.53. The second-order valence-corrected chi connectivity index (χ2v) is 6.62. The molecular weight excluding hydrogens is 348 g/mol. The summed E-state index contributed by atoms with van der Waals surface area (Å²) in [5, 5.41) is 2.84. The number of carbonyl (C=O) groups is 1. The number of oxazole rings is 1. The van der Waals surface area contributed by atoms with Gasteiger partial charge in [0.05, 0.1) is 12.3 Å². The molecule has 1 amide bonds. The van der Waals surface area contributed by atoms with Crippen LogP contribution in [0.25, 0.3) is 5.65 Å². The molecule has 27 heavy (non-hydrogen) atoms. The Hall–Kier alpha value is -2.87. The maximum absolute atomic E-state index is 12.4. The standard InChI is InChI=1S/C19H22N4O4/c1-3-26-17-7-18-21-14(6-13-4-5-25-10-13)8-23(18)9-15(17)22-19(24)16-11-27-12(2)20-16/h7-9,11,13H,3-6,10H2,1-2H3,(H,22,24). The summed E-state index contributed by atoms with van der Waals surface area (Å²) in [6.07, 6.45) is 7.08. The van der Waals surface area contributed by atoms with E-state index in [-0.39, 0.29) is 11.6 Å². The van der Waals surface area contributed by atoms with E-state index in [1.54, 1.807) is 6.92 Å². The molecule has 0 bridgehead atoms. The molecule has 4 heterocycles. The average Bonchev–Trinajstić information content (AvgIpc) is 3.37. The maximum Gasteiger partial charge on any atom is 0.277 e. The van der Waals surface area contributed by atoms with Gasteiger partial charge in [-0.3, -0.25) is 4.79 Å². The van der Waals surface area contributed by atoms with Crippen LogP contribution >= 0.6 is 0 Å². The van der Waals surface area contributed by atoms with E-state index in [1.807, 2.05) is 29.8 Å². The second-order valence-electron chi connectivity index (χ2n) is 6.62. The molecule has 0 aromatic carbocycles. The third kappa shape index (κ3) is 3.80. The minimum Gasteiger partial charge on any atom is -0.491 e. The Bertz CT molecular complexity index is 956. The van der Waals surface area contributed by atoms with Gasteiger partial charge < -0.3 is 23.6 Å². The van der Waals surface area contributed by atoms with Crippen molar-refractivity contribution in [2.75, 3.05) is 25.1 Å². The predicted octanol–water partition coefficient (Wildman–Crippen LogP) is 2.86. The van der Waals surface area contributed by atoms with Crippen molar-refractivity contribution in [3.05, 3.63) is 42.0 Å². The van der Waals surface area contributed by atoms with Crippen molar-refractivity contribution >= 4 is 17.2 Å². The van der Waals surface area contributed by atoms with Crippen LogP contribution in [0, 0.1) is 12.8 Å². The second kappa shape index (κ2) is 7.40. The summed E-state index contributed by atoms with van der Waals surface area (Å²) in [5.74, 6) is 1.17. The van der Waals surface area contributed by atoms with Crippen LogP contribution in [0.1, 0.15) is 35.4 Å². The van der Waals surface area contributed by atoms with E-state index in [9.17, 15) is 4.79 Å². The highest BCUT2D eigenvalue weighted by Gasteiger charge is 2.19. The highest BCUT2D eigenvalue weighted by Crippen LogP contribution is 2.28. The first-order valence-electron chi connectivity index (χ1n) is 9.08. The number of ether oxygens (including phenoxy) is 2. The summed E-state index contributed by atoms with van der Waals surface area (Å²) in [6.45, 7) is 5.68. The Morgan fingerprint density at radius 2 is 2.30 bits per heavy atom. The highest BCUT2D eigenvalue weighted by atomic mass is 16.5. The first-order chi connectivity index (χ1) is 13.1. The first-order valence-corrected chi connectivity index (χ1v) is 9.08. The molecule has 1 aliphatic heterocycles. The van der Waals surface area contributed by atoms with E-state index in [0.29, 0.717) is 29.9 Å².